The average molecular weight is 410 g/mol. The Bertz CT molecular complexity index is 679. The number of carbonyl (C=O) groups excluding carboxylic acids is 2. The highest BCUT2D eigenvalue weighted by Gasteiger charge is 2.40. The number of halogens is 1. The van der Waals surface area contributed by atoms with Crippen molar-refractivity contribution in [2.45, 2.75) is 37.3 Å². The molecule has 27 heavy (non-hydrogen) atoms. The smallest absolute Gasteiger partial charge is 0.236 e. The van der Waals surface area contributed by atoms with E-state index in [1.165, 1.54) is 0 Å². The summed E-state index contributed by atoms with van der Waals surface area (Å²) in [6.07, 6.45) is 1.40. The zero-order valence-corrected chi connectivity index (χ0v) is 17.6. The highest BCUT2D eigenvalue weighted by atomic mass is 35.5. The van der Waals surface area contributed by atoms with E-state index in [2.05, 4.69) is 11.8 Å². The molecule has 0 aliphatic carbocycles. The van der Waals surface area contributed by atoms with Crippen LogP contribution >= 0.6 is 23.4 Å². The first-order chi connectivity index (χ1) is 13.0. The van der Waals surface area contributed by atoms with Crippen molar-refractivity contribution in [2.75, 3.05) is 39.3 Å². The predicted molar refractivity (Wildman–Crippen MR) is 111 cm³/mol. The summed E-state index contributed by atoms with van der Waals surface area (Å²) in [6, 6.07) is 7.82. The van der Waals surface area contributed by atoms with E-state index < -0.39 is 0 Å². The van der Waals surface area contributed by atoms with Gasteiger partial charge in [0.15, 0.2) is 0 Å². The molecule has 0 radical (unpaired) electrons. The number of nitrogens with zero attached hydrogens (tertiary/aromatic N) is 3. The molecule has 1 aromatic carbocycles. The first-order valence-corrected chi connectivity index (χ1v) is 11.1. The molecule has 0 saturated carbocycles. The number of carbonyl (C=O) groups is 2. The van der Waals surface area contributed by atoms with E-state index in [9.17, 15) is 9.59 Å². The van der Waals surface area contributed by atoms with E-state index in [4.69, 9.17) is 11.6 Å². The van der Waals surface area contributed by atoms with Crippen LogP contribution in [-0.2, 0) is 9.59 Å². The number of thioether (sulfide) groups is 1. The van der Waals surface area contributed by atoms with Gasteiger partial charge in [0.25, 0.3) is 0 Å². The second kappa shape index (κ2) is 9.30. The molecule has 148 valence electrons. The molecule has 1 aromatic rings. The van der Waals surface area contributed by atoms with Crippen molar-refractivity contribution in [2.24, 2.45) is 0 Å². The van der Waals surface area contributed by atoms with E-state index in [1.54, 1.807) is 11.8 Å². The Morgan fingerprint density at radius 1 is 1.15 bits per heavy atom. The molecule has 3 rings (SSSR count). The Morgan fingerprint density at radius 2 is 1.85 bits per heavy atom. The van der Waals surface area contributed by atoms with Crippen LogP contribution in [0.4, 0.5) is 0 Å². The van der Waals surface area contributed by atoms with E-state index in [1.807, 2.05) is 41.0 Å². The first-order valence-electron chi connectivity index (χ1n) is 9.75. The van der Waals surface area contributed by atoms with E-state index in [0.29, 0.717) is 13.0 Å². The lowest BCUT2D eigenvalue weighted by Crippen LogP contribution is -2.50. The lowest BCUT2D eigenvalue weighted by atomic mass is 10.2. The third kappa shape index (κ3) is 4.61. The quantitative estimate of drug-likeness (QED) is 0.723. The summed E-state index contributed by atoms with van der Waals surface area (Å²) >= 11 is 8.13. The molecule has 0 aromatic heterocycles. The van der Waals surface area contributed by atoms with Gasteiger partial charge >= 0.3 is 0 Å². The summed E-state index contributed by atoms with van der Waals surface area (Å²) in [5.41, 5.74) is 1.02. The van der Waals surface area contributed by atoms with Crippen molar-refractivity contribution < 1.29 is 9.59 Å². The zero-order valence-electron chi connectivity index (χ0n) is 16.1. The number of benzene rings is 1. The van der Waals surface area contributed by atoms with Gasteiger partial charge in [-0.25, -0.2) is 0 Å². The highest BCUT2D eigenvalue weighted by Crippen LogP contribution is 2.45. The van der Waals surface area contributed by atoms with Gasteiger partial charge in [-0.05, 0) is 12.5 Å². The Balaban J connectivity index is 1.63. The molecule has 0 unspecified atom stereocenters. The second-order valence-corrected chi connectivity index (χ2v) is 8.71. The van der Waals surface area contributed by atoms with Gasteiger partial charge in [-0.15, -0.1) is 11.8 Å². The fourth-order valence-corrected chi connectivity index (χ4v) is 5.46. The minimum Gasteiger partial charge on any atom is -0.340 e. The first kappa shape index (κ1) is 20.5. The third-order valence-electron chi connectivity index (χ3n) is 5.36. The molecular formula is C20H28ClN3O2S. The monoisotopic (exact) mass is 409 g/mol. The van der Waals surface area contributed by atoms with Crippen LogP contribution in [0.3, 0.4) is 0 Å². The van der Waals surface area contributed by atoms with Crippen molar-refractivity contribution in [3.63, 3.8) is 0 Å². The SMILES string of the molecule is CCC(=O)N1CCN(CCN2C(=O)[C@H](CC)S[C@@H]2c2ccccc2Cl)CC1. The van der Waals surface area contributed by atoms with Gasteiger partial charge in [-0.1, -0.05) is 43.6 Å². The van der Waals surface area contributed by atoms with Crippen LogP contribution < -0.4 is 0 Å². The van der Waals surface area contributed by atoms with Gasteiger partial charge in [0.05, 0.1) is 5.25 Å². The van der Waals surface area contributed by atoms with Crippen molar-refractivity contribution in [1.29, 1.82) is 0 Å². The molecule has 0 N–H and O–H groups in total. The Kier molecular flexibility index (Phi) is 7.06. The van der Waals surface area contributed by atoms with Gasteiger partial charge in [-0.2, -0.15) is 0 Å². The normalized spacial score (nSPS) is 23.9. The van der Waals surface area contributed by atoms with Crippen molar-refractivity contribution >= 4 is 35.2 Å². The largest absolute Gasteiger partial charge is 0.340 e. The Hall–Kier alpha value is -1.24. The van der Waals surface area contributed by atoms with Gasteiger partial charge in [0, 0.05) is 56.3 Å². The summed E-state index contributed by atoms with van der Waals surface area (Å²) in [6.45, 7) is 8.79. The fraction of sp³-hybridized carbons (Fsp3) is 0.600. The van der Waals surface area contributed by atoms with Crippen LogP contribution in [0, 0.1) is 0 Å². The molecule has 7 heteroatoms. The van der Waals surface area contributed by atoms with Crippen molar-refractivity contribution in [3.05, 3.63) is 34.9 Å². The summed E-state index contributed by atoms with van der Waals surface area (Å²) in [7, 11) is 0. The standard InChI is InChI=1S/C20H28ClN3O2S/c1-3-17-19(26)24(20(27-17)15-7-5-6-8-16(15)21)14-11-22-9-12-23(13-10-22)18(25)4-2/h5-8,17,20H,3-4,9-14H2,1-2H3/t17-,20+/m0/s1. The maximum absolute atomic E-state index is 12.9. The maximum Gasteiger partial charge on any atom is 0.236 e. The van der Waals surface area contributed by atoms with Gasteiger partial charge in [0.2, 0.25) is 11.8 Å². The molecule has 2 aliphatic rings. The molecule has 2 amide bonds. The summed E-state index contributed by atoms with van der Waals surface area (Å²) < 4.78 is 0. The molecule has 0 spiro atoms. The number of hydrogen-bond acceptors (Lipinski definition) is 4. The number of hydrogen-bond donors (Lipinski definition) is 0. The lowest BCUT2D eigenvalue weighted by molar-refractivity contribution is -0.132. The number of piperazine rings is 1. The average Bonchev–Trinajstić information content (AvgIpc) is 3.02. The van der Waals surface area contributed by atoms with E-state index in [-0.39, 0.29) is 22.4 Å². The van der Waals surface area contributed by atoms with Crippen LogP contribution in [-0.4, -0.2) is 71.0 Å². The molecule has 2 fully saturated rings. The fourth-order valence-electron chi connectivity index (χ4n) is 3.70. The zero-order chi connectivity index (χ0) is 19.4. The lowest BCUT2D eigenvalue weighted by Gasteiger charge is -2.36. The van der Waals surface area contributed by atoms with Crippen LogP contribution in [0.25, 0.3) is 0 Å². The van der Waals surface area contributed by atoms with Crippen molar-refractivity contribution in [1.82, 2.24) is 14.7 Å². The molecule has 2 aliphatic heterocycles. The van der Waals surface area contributed by atoms with Gasteiger partial charge < -0.3 is 9.80 Å². The predicted octanol–water partition coefficient (Wildman–Crippen LogP) is 3.25. The molecular weight excluding hydrogens is 382 g/mol. The molecule has 5 nitrogen and oxygen atoms in total. The number of rotatable bonds is 6. The topological polar surface area (TPSA) is 43.9 Å². The van der Waals surface area contributed by atoms with Gasteiger partial charge in [0.1, 0.15) is 5.37 Å². The Morgan fingerprint density at radius 3 is 2.48 bits per heavy atom. The Labute approximate surface area is 171 Å². The summed E-state index contributed by atoms with van der Waals surface area (Å²) in [5.74, 6) is 0.442. The highest BCUT2D eigenvalue weighted by molar-refractivity contribution is 8.01. The van der Waals surface area contributed by atoms with E-state index >= 15 is 0 Å². The van der Waals surface area contributed by atoms with Crippen molar-refractivity contribution in [3.8, 4) is 0 Å². The molecule has 2 atom stereocenters. The van der Waals surface area contributed by atoms with Crippen LogP contribution in [0.5, 0.6) is 0 Å². The maximum atomic E-state index is 12.9. The third-order valence-corrected chi connectivity index (χ3v) is 7.34. The minimum atomic E-state index is -0.0147. The molecule has 2 heterocycles. The van der Waals surface area contributed by atoms with E-state index in [0.717, 1.165) is 49.7 Å². The second-order valence-electron chi connectivity index (χ2n) is 7.01. The van der Waals surface area contributed by atoms with Crippen LogP contribution in [0.15, 0.2) is 24.3 Å². The minimum absolute atomic E-state index is 0.00490. The summed E-state index contributed by atoms with van der Waals surface area (Å²) in [4.78, 5) is 31.0. The number of amides is 2. The van der Waals surface area contributed by atoms with Crippen LogP contribution in [0.2, 0.25) is 5.02 Å². The summed E-state index contributed by atoms with van der Waals surface area (Å²) in [5, 5.41) is 0.709. The van der Waals surface area contributed by atoms with Gasteiger partial charge in [-0.3, -0.25) is 14.5 Å². The van der Waals surface area contributed by atoms with Crippen LogP contribution in [0.1, 0.15) is 37.6 Å². The molecule has 2 saturated heterocycles. The molecule has 0 bridgehead atoms.